The summed E-state index contributed by atoms with van der Waals surface area (Å²) in [6.45, 7) is 0. The lowest BCUT2D eigenvalue weighted by atomic mass is 10.1. The average Bonchev–Trinajstić information content (AvgIpc) is 3.39. The first-order chi connectivity index (χ1) is 13.7. The SMILES string of the molecule is O=C(Cc1c[nH]c2ccccc12)Nc1nc(-c2ccc3[nH]c(=O)oc3c2)cs1. The maximum absolute atomic E-state index is 12.4. The van der Waals surface area contributed by atoms with Crippen LogP contribution in [0.5, 0.6) is 0 Å². The normalized spacial score (nSPS) is 11.3. The van der Waals surface area contributed by atoms with E-state index < -0.39 is 5.76 Å². The molecule has 0 bridgehead atoms. The van der Waals surface area contributed by atoms with Crippen molar-refractivity contribution in [3.8, 4) is 11.3 Å². The van der Waals surface area contributed by atoms with Crippen LogP contribution in [0.25, 0.3) is 33.3 Å². The highest BCUT2D eigenvalue weighted by atomic mass is 32.1. The average molecular weight is 390 g/mol. The summed E-state index contributed by atoms with van der Waals surface area (Å²) in [7, 11) is 0. The smallest absolute Gasteiger partial charge is 0.408 e. The summed E-state index contributed by atoms with van der Waals surface area (Å²) in [6, 6.07) is 13.2. The van der Waals surface area contributed by atoms with Crippen molar-refractivity contribution in [3.05, 3.63) is 70.2 Å². The zero-order valence-electron chi connectivity index (χ0n) is 14.5. The molecular weight excluding hydrogens is 376 g/mol. The topological polar surface area (TPSA) is 104 Å². The fourth-order valence-electron chi connectivity index (χ4n) is 3.18. The molecule has 7 nitrogen and oxygen atoms in total. The molecule has 0 aliphatic carbocycles. The van der Waals surface area contributed by atoms with Gasteiger partial charge in [-0.05, 0) is 23.8 Å². The second kappa shape index (κ2) is 6.50. The molecule has 0 atom stereocenters. The summed E-state index contributed by atoms with van der Waals surface area (Å²) in [5.74, 6) is -0.617. The van der Waals surface area contributed by atoms with Crippen molar-refractivity contribution >= 4 is 44.4 Å². The van der Waals surface area contributed by atoms with Gasteiger partial charge in [0.25, 0.3) is 0 Å². The van der Waals surface area contributed by atoms with Gasteiger partial charge in [-0.3, -0.25) is 9.78 Å². The van der Waals surface area contributed by atoms with Crippen LogP contribution in [0.15, 0.2) is 63.3 Å². The van der Waals surface area contributed by atoms with Crippen LogP contribution >= 0.6 is 11.3 Å². The maximum atomic E-state index is 12.4. The fourth-order valence-corrected chi connectivity index (χ4v) is 3.92. The van der Waals surface area contributed by atoms with Gasteiger partial charge in [0.1, 0.15) is 0 Å². The molecule has 28 heavy (non-hydrogen) atoms. The van der Waals surface area contributed by atoms with Crippen molar-refractivity contribution in [3.63, 3.8) is 0 Å². The number of anilines is 1. The number of amides is 1. The summed E-state index contributed by atoms with van der Waals surface area (Å²) in [5.41, 5.74) is 4.57. The van der Waals surface area contributed by atoms with E-state index in [1.807, 2.05) is 41.9 Å². The molecule has 0 unspecified atom stereocenters. The van der Waals surface area contributed by atoms with Crippen molar-refractivity contribution < 1.29 is 9.21 Å². The second-order valence-electron chi connectivity index (χ2n) is 6.35. The lowest BCUT2D eigenvalue weighted by molar-refractivity contribution is -0.115. The monoisotopic (exact) mass is 390 g/mol. The van der Waals surface area contributed by atoms with Crippen LogP contribution in [0.4, 0.5) is 5.13 Å². The van der Waals surface area contributed by atoms with Crippen LogP contribution in [-0.4, -0.2) is 20.9 Å². The number of rotatable bonds is 4. The van der Waals surface area contributed by atoms with E-state index in [0.29, 0.717) is 21.9 Å². The molecule has 5 rings (SSSR count). The van der Waals surface area contributed by atoms with E-state index in [1.165, 1.54) is 11.3 Å². The lowest BCUT2D eigenvalue weighted by Gasteiger charge is -2.01. The Morgan fingerprint density at radius 3 is 3.00 bits per heavy atom. The minimum Gasteiger partial charge on any atom is -0.408 e. The Hall–Kier alpha value is -3.65. The highest BCUT2D eigenvalue weighted by Gasteiger charge is 2.12. The van der Waals surface area contributed by atoms with E-state index in [2.05, 4.69) is 20.3 Å². The second-order valence-corrected chi connectivity index (χ2v) is 7.21. The molecular formula is C20H14N4O3S. The minimum absolute atomic E-state index is 0.127. The standard InChI is InChI=1S/C20H14N4O3S/c25-18(8-12-9-21-14-4-2-1-3-13(12)14)24-19-22-16(10-28-19)11-5-6-15-17(7-11)27-20(26)23-15/h1-7,9-10,21H,8H2,(H,23,26)(H,22,24,25). The predicted octanol–water partition coefficient (Wildman–Crippen LogP) is 3.91. The maximum Gasteiger partial charge on any atom is 0.417 e. The molecule has 0 saturated carbocycles. The number of benzene rings is 2. The largest absolute Gasteiger partial charge is 0.417 e. The third kappa shape index (κ3) is 2.99. The number of thiazole rings is 1. The molecule has 0 spiro atoms. The number of hydrogen-bond acceptors (Lipinski definition) is 5. The van der Waals surface area contributed by atoms with Crippen LogP contribution < -0.4 is 11.1 Å². The number of H-pyrrole nitrogens is 2. The van der Waals surface area contributed by atoms with Gasteiger partial charge in [-0.25, -0.2) is 9.78 Å². The Morgan fingerprint density at radius 2 is 2.07 bits per heavy atom. The number of carbonyl (C=O) groups excluding carboxylic acids is 1. The van der Waals surface area contributed by atoms with Gasteiger partial charge in [0, 0.05) is 28.0 Å². The molecule has 0 aliphatic heterocycles. The number of hydrogen-bond donors (Lipinski definition) is 3. The van der Waals surface area contributed by atoms with E-state index in [4.69, 9.17) is 4.42 Å². The molecule has 5 aromatic rings. The fraction of sp³-hybridized carbons (Fsp3) is 0.0500. The molecule has 2 aromatic carbocycles. The van der Waals surface area contributed by atoms with Gasteiger partial charge in [0.15, 0.2) is 10.7 Å². The predicted molar refractivity (Wildman–Crippen MR) is 109 cm³/mol. The molecule has 0 fully saturated rings. The Balaban J connectivity index is 1.34. The van der Waals surface area contributed by atoms with E-state index in [1.54, 1.807) is 12.1 Å². The van der Waals surface area contributed by atoms with Crippen LogP contribution in [0.1, 0.15) is 5.56 Å². The Bertz CT molecular complexity index is 1370. The molecule has 0 aliphatic rings. The van der Waals surface area contributed by atoms with Gasteiger partial charge in [0.2, 0.25) is 5.91 Å². The number of aromatic nitrogens is 3. The zero-order chi connectivity index (χ0) is 19.1. The summed E-state index contributed by atoms with van der Waals surface area (Å²) in [4.78, 5) is 34.0. The Kier molecular flexibility index (Phi) is 3.84. The summed E-state index contributed by atoms with van der Waals surface area (Å²) >= 11 is 1.35. The number of fused-ring (bicyclic) bond motifs is 2. The number of aromatic amines is 2. The molecule has 3 N–H and O–H groups in total. The molecule has 3 heterocycles. The van der Waals surface area contributed by atoms with Crippen LogP contribution in [-0.2, 0) is 11.2 Å². The Labute approximate surface area is 162 Å². The molecule has 3 aromatic heterocycles. The lowest BCUT2D eigenvalue weighted by Crippen LogP contribution is -2.13. The molecule has 0 saturated heterocycles. The van der Waals surface area contributed by atoms with Gasteiger partial charge in [0.05, 0.1) is 17.6 Å². The highest BCUT2D eigenvalue weighted by Crippen LogP contribution is 2.27. The quantitative estimate of drug-likeness (QED) is 0.433. The highest BCUT2D eigenvalue weighted by molar-refractivity contribution is 7.14. The first kappa shape index (κ1) is 16.5. The van der Waals surface area contributed by atoms with Gasteiger partial charge in [-0.2, -0.15) is 0 Å². The van der Waals surface area contributed by atoms with E-state index in [0.717, 1.165) is 22.0 Å². The minimum atomic E-state index is -0.490. The van der Waals surface area contributed by atoms with Crippen LogP contribution in [0, 0.1) is 0 Å². The van der Waals surface area contributed by atoms with Crippen molar-refractivity contribution in [1.29, 1.82) is 0 Å². The number of carbonyl (C=O) groups is 1. The first-order valence-corrected chi connectivity index (χ1v) is 9.47. The Morgan fingerprint density at radius 1 is 1.18 bits per heavy atom. The number of nitrogens with one attached hydrogen (secondary N) is 3. The molecule has 138 valence electrons. The van der Waals surface area contributed by atoms with E-state index >= 15 is 0 Å². The van der Waals surface area contributed by atoms with Crippen molar-refractivity contribution in [2.45, 2.75) is 6.42 Å². The third-order valence-corrected chi connectivity index (χ3v) is 5.25. The van der Waals surface area contributed by atoms with E-state index in [9.17, 15) is 9.59 Å². The summed E-state index contributed by atoms with van der Waals surface area (Å²) in [5, 5.41) is 6.27. The van der Waals surface area contributed by atoms with Gasteiger partial charge in [-0.1, -0.05) is 24.3 Å². The van der Waals surface area contributed by atoms with Gasteiger partial charge in [-0.15, -0.1) is 11.3 Å². The van der Waals surface area contributed by atoms with Gasteiger partial charge < -0.3 is 14.7 Å². The number of oxazole rings is 1. The van der Waals surface area contributed by atoms with Crippen LogP contribution in [0.3, 0.4) is 0 Å². The van der Waals surface area contributed by atoms with Crippen molar-refractivity contribution in [2.75, 3.05) is 5.32 Å². The van der Waals surface area contributed by atoms with Gasteiger partial charge >= 0.3 is 5.76 Å². The summed E-state index contributed by atoms with van der Waals surface area (Å²) < 4.78 is 5.09. The zero-order valence-corrected chi connectivity index (χ0v) is 15.3. The van der Waals surface area contributed by atoms with Crippen LogP contribution in [0.2, 0.25) is 0 Å². The molecule has 1 amide bonds. The third-order valence-electron chi connectivity index (χ3n) is 4.49. The van der Waals surface area contributed by atoms with Crippen molar-refractivity contribution in [2.24, 2.45) is 0 Å². The van der Waals surface area contributed by atoms with Crippen molar-refractivity contribution in [1.82, 2.24) is 15.0 Å². The first-order valence-electron chi connectivity index (χ1n) is 8.59. The molecule has 0 radical (unpaired) electrons. The number of para-hydroxylation sites is 1. The molecule has 8 heteroatoms. The van der Waals surface area contributed by atoms with E-state index in [-0.39, 0.29) is 12.3 Å². The summed E-state index contributed by atoms with van der Waals surface area (Å²) in [6.07, 6.45) is 2.12. The number of nitrogens with zero attached hydrogens (tertiary/aromatic N) is 1.